The van der Waals surface area contributed by atoms with Gasteiger partial charge in [0, 0.05) is 43.8 Å². The topological polar surface area (TPSA) is 90.2 Å². The molecule has 0 radical (unpaired) electrons. The Morgan fingerprint density at radius 2 is 2.09 bits per heavy atom. The predicted molar refractivity (Wildman–Crippen MR) is 129 cm³/mol. The van der Waals surface area contributed by atoms with E-state index in [0.717, 1.165) is 22.2 Å². The number of rotatable bonds is 10. The highest BCUT2D eigenvalue weighted by atomic mass is 16.6. The van der Waals surface area contributed by atoms with Crippen LogP contribution in [0, 0.1) is 5.92 Å². The van der Waals surface area contributed by atoms with E-state index in [9.17, 15) is 9.90 Å². The van der Waals surface area contributed by atoms with Gasteiger partial charge in [-0.05, 0) is 50.5 Å². The molecule has 1 aromatic heterocycles. The van der Waals surface area contributed by atoms with E-state index in [0.29, 0.717) is 26.2 Å². The third-order valence-electron chi connectivity index (χ3n) is 5.40. The molecule has 3 N–H and O–H groups in total. The molecule has 8 nitrogen and oxygen atoms in total. The van der Waals surface area contributed by atoms with Gasteiger partial charge in [0.2, 0.25) is 12.3 Å². The molecular formula is C25H38N4O4. The lowest BCUT2D eigenvalue weighted by atomic mass is 10.1. The number of hydrogen-bond donors (Lipinski definition) is 3. The summed E-state index contributed by atoms with van der Waals surface area (Å²) in [7, 11) is 1.97. The van der Waals surface area contributed by atoms with Crippen LogP contribution >= 0.6 is 0 Å². The Morgan fingerprint density at radius 1 is 1.33 bits per heavy atom. The number of fused-ring (bicyclic) bond motifs is 1. The van der Waals surface area contributed by atoms with Crippen LogP contribution in [0.4, 0.5) is 0 Å². The molecule has 0 aliphatic carbocycles. The second-order valence-corrected chi connectivity index (χ2v) is 10.1. The summed E-state index contributed by atoms with van der Waals surface area (Å²) in [4.78, 5) is 17.7. The zero-order valence-electron chi connectivity index (χ0n) is 20.6. The predicted octanol–water partition coefficient (Wildman–Crippen LogP) is 3.19. The number of nitrogens with zero attached hydrogens (tertiary/aromatic N) is 2. The van der Waals surface area contributed by atoms with Crippen LogP contribution in [0.25, 0.3) is 11.0 Å². The van der Waals surface area contributed by atoms with Crippen LogP contribution in [0.1, 0.15) is 46.6 Å². The van der Waals surface area contributed by atoms with Gasteiger partial charge in [-0.3, -0.25) is 10.1 Å². The van der Waals surface area contributed by atoms with Gasteiger partial charge in [0.1, 0.15) is 5.58 Å². The zero-order valence-corrected chi connectivity index (χ0v) is 20.6. The van der Waals surface area contributed by atoms with Gasteiger partial charge in [0.25, 0.3) is 0 Å². The Hall–Kier alpha value is -2.55. The number of carbonyl (C=O) groups excluding carboxylic acids is 1. The fraction of sp³-hybridized carbons (Fsp3) is 0.560. The van der Waals surface area contributed by atoms with E-state index in [2.05, 4.69) is 35.4 Å². The molecule has 1 aliphatic rings. The Morgan fingerprint density at radius 3 is 2.73 bits per heavy atom. The van der Waals surface area contributed by atoms with Gasteiger partial charge >= 0.3 is 0 Å². The number of aliphatic hydroxyl groups is 1. The fourth-order valence-corrected chi connectivity index (χ4v) is 3.92. The van der Waals surface area contributed by atoms with E-state index in [4.69, 9.17) is 9.15 Å². The highest BCUT2D eigenvalue weighted by molar-refractivity contribution is 5.83. The van der Waals surface area contributed by atoms with Crippen LogP contribution in [0.2, 0.25) is 0 Å². The van der Waals surface area contributed by atoms with Crippen LogP contribution in [-0.4, -0.2) is 59.1 Å². The number of furan rings is 1. The van der Waals surface area contributed by atoms with Gasteiger partial charge in [-0.15, -0.1) is 0 Å². The van der Waals surface area contributed by atoms with E-state index < -0.39 is 18.1 Å². The molecule has 1 aromatic carbocycles. The molecule has 1 unspecified atom stereocenters. The molecule has 2 aromatic rings. The van der Waals surface area contributed by atoms with E-state index in [1.807, 2.05) is 57.1 Å². The van der Waals surface area contributed by atoms with E-state index in [1.165, 1.54) is 0 Å². The lowest BCUT2D eigenvalue weighted by molar-refractivity contribution is -0.188. The highest BCUT2D eigenvalue weighted by Crippen LogP contribution is 2.21. The zero-order chi connectivity index (χ0) is 24.2. The molecule has 2 atom stereocenters. The number of aliphatic hydroxyl groups excluding tert-OH is 1. The summed E-state index contributed by atoms with van der Waals surface area (Å²) in [6.45, 7) is 11.5. The number of hydrogen-bond acceptors (Lipinski definition) is 7. The summed E-state index contributed by atoms with van der Waals surface area (Å²) in [5.74, 6) is 0.215. The average molecular weight is 459 g/mol. The lowest BCUT2D eigenvalue weighted by Crippen LogP contribution is -2.52. The molecule has 0 bridgehead atoms. The van der Waals surface area contributed by atoms with Crippen LogP contribution in [0.5, 0.6) is 0 Å². The molecule has 0 saturated carbocycles. The summed E-state index contributed by atoms with van der Waals surface area (Å²) in [6, 6.07) is 7.25. The first-order valence-corrected chi connectivity index (χ1v) is 11.5. The number of carbonyl (C=O) groups is 1. The van der Waals surface area contributed by atoms with E-state index in [1.54, 1.807) is 6.26 Å². The van der Waals surface area contributed by atoms with Crippen molar-refractivity contribution in [2.24, 2.45) is 5.92 Å². The van der Waals surface area contributed by atoms with Gasteiger partial charge in [-0.25, -0.2) is 0 Å². The SMILES string of the molecule is CC(C)CN(Cc1ccc2occc2c1)C(=O)[C@H](CC1=CNCN1C)NC(O)OC(C)(C)C. The van der Waals surface area contributed by atoms with Crippen molar-refractivity contribution in [3.63, 3.8) is 0 Å². The smallest absolute Gasteiger partial charge is 0.240 e. The number of ether oxygens (including phenoxy) is 1. The second kappa shape index (κ2) is 10.6. The van der Waals surface area contributed by atoms with Gasteiger partial charge in [0.05, 0.1) is 24.6 Å². The second-order valence-electron chi connectivity index (χ2n) is 10.1. The highest BCUT2D eigenvalue weighted by Gasteiger charge is 2.30. The van der Waals surface area contributed by atoms with Crippen LogP contribution < -0.4 is 10.6 Å². The fourth-order valence-electron chi connectivity index (χ4n) is 3.92. The molecule has 0 spiro atoms. The number of amides is 1. The molecule has 33 heavy (non-hydrogen) atoms. The molecule has 2 heterocycles. The lowest BCUT2D eigenvalue weighted by Gasteiger charge is -2.33. The summed E-state index contributed by atoms with van der Waals surface area (Å²) in [6.07, 6.45) is 2.75. The Balaban J connectivity index is 1.82. The van der Waals surface area contributed by atoms with Gasteiger partial charge in [0.15, 0.2) is 0 Å². The Labute approximate surface area is 196 Å². The summed E-state index contributed by atoms with van der Waals surface area (Å²) >= 11 is 0. The van der Waals surface area contributed by atoms with Crippen LogP contribution in [0.3, 0.4) is 0 Å². The molecule has 3 rings (SSSR count). The standard InChI is InChI=1S/C25H38N4O4/c1-17(2)14-29(15-18-7-8-22-19(11-18)9-10-32-22)23(30)21(12-20-13-26-16-28(20)6)27-24(31)33-25(3,4)5/h7-11,13,17,21,24,26-27,31H,12,14-16H2,1-6H3/t21-,24?/m0/s1. The third kappa shape index (κ3) is 7.22. The van der Waals surface area contributed by atoms with Crippen molar-refractivity contribution in [3.05, 3.63) is 48.0 Å². The molecule has 0 fully saturated rings. The van der Waals surface area contributed by atoms with Crippen molar-refractivity contribution in [2.75, 3.05) is 20.3 Å². The molecular weight excluding hydrogens is 420 g/mol. The summed E-state index contributed by atoms with van der Waals surface area (Å²) < 4.78 is 11.1. The summed E-state index contributed by atoms with van der Waals surface area (Å²) in [5, 5.41) is 17.7. The first-order valence-electron chi connectivity index (χ1n) is 11.5. The van der Waals surface area contributed by atoms with E-state index in [-0.39, 0.29) is 11.8 Å². The Kier molecular flexibility index (Phi) is 8.05. The quantitative estimate of drug-likeness (QED) is 0.471. The van der Waals surface area contributed by atoms with Crippen LogP contribution in [0.15, 0.2) is 46.8 Å². The van der Waals surface area contributed by atoms with Gasteiger partial charge in [-0.1, -0.05) is 19.9 Å². The largest absolute Gasteiger partial charge is 0.464 e. The molecule has 1 aliphatic heterocycles. The Bertz CT molecular complexity index is 963. The van der Waals surface area contributed by atoms with Gasteiger partial charge in [-0.2, -0.15) is 0 Å². The number of benzene rings is 1. The van der Waals surface area contributed by atoms with Crippen molar-refractivity contribution in [1.82, 2.24) is 20.4 Å². The average Bonchev–Trinajstić information content (AvgIpc) is 3.33. The summed E-state index contributed by atoms with van der Waals surface area (Å²) in [5.41, 5.74) is 2.30. The molecule has 8 heteroatoms. The van der Waals surface area contributed by atoms with Crippen molar-refractivity contribution < 1.29 is 19.1 Å². The molecule has 1 amide bonds. The van der Waals surface area contributed by atoms with Crippen molar-refractivity contribution in [3.8, 4) is 0 Å². The minimum absolute atomic E-state index is 0.0752. The van der Waals surface area contributed by atoms with Crippen molar-refractivity contribution in [1.29, 1.82) is 0 Å². The minimum atomic E-state index is -1.26. The van der Waals surface area contributed by atoms with Gasteiger partial charge < -0.3 is 29.4 Å². The van der Waals surface area contributed by atoms with Crippen molar-refractivity contribution >= 4 is 16.9 Å². The monoisotopic (exact) mass is 458 g/mol. The van der Waals surface area contributed by atoms with Crippen LogP contribution in [-0.2, 0) is 16.1 Å². The first-order chi connectivity index (χ1) is 15.5. The maximum Gasteiger partial charge on any atom is 0.240 e. The van der Waals surface area contributed by atoms with E-state index >= 15 is 0 Å². The maximum atomic E-state index is 13.8. The van der Waals surface area contributed by atoms with Crippen molar-refractivity contribution in [2.45, 2.75) is 65.6 Å². The normalized spacial score (nSPS) is 16.1. The minimum Gasteiger partial charge on any atom is -0.464 e. The maximum absolute atomic E-state index is 13.8. The molecule has 0 saturated heterocycles. The first kappa shape index (κ1) is 25.1. The molecule has 182 valence electrons. The number of nitrogens with one attached hydrogen (secondary N) is 2. The third-order valence-corrected chi connectivity index (χ3v) is 5.40.